The Labute approximate surface area is 121 Å². The molecule has 1 aliphatic rings. The molecule has 2 nitrogen and oxygen atoms in total. The van der Waals surface area contributed by atoms with E-state index in [0.29, 0.717) is 11.8 Å². The fraction of sp³-hybridized carbons (Fsp3) is 0.500. The summed E-state index contributed by atoms with van der Waals surface area (Å²) in [5.74, 6) is 0.814. The van der Waals surface area contributed by atoms with E-state index in [1.54, 1.807) is 0 Å². The molecule has 2 rings (SSSR count). The summed E-state index contributed by atoms with van der Waals surface area (Å²) in [4.78, 5) is 11.8. The zero-order valence-electron chi connectivity index (χ0n) is 12.7. The number of rotatable bonds is 3. The number of carbonyl (C=O) groups excluding carboxylic acids is 1. The third-order valence-corrected chi connectivity index (χ3v) is 4.52. The van der Waals surface area contributed by atoms with Crippen molar-refractivity contribution in [3.05, 3.63) is 47.5 Å². The highest BCUT2D eigenvalue weighted by Gasteiger charge is 2.35. The largest absolute Gasteiger partial charge is 0.469 e. The van der Waals surface area contributed by atoms with Crippen molar-refractivity contribution in [1.29, 1.82) is 0 Å². The molecule has 20 heavy (non-hydrogen) atoms. The molecule has 3 atom stereocenters. The van der Waals surface area contributed by atoms with Crippen molar-refractivity contribution in [3.63, 3.8) is 0 Å². The molecule has 1 aromatic rings. The molecule has 0 saturated heterocycles. The lowest BCUT2D eigenvalue weighted by Crippen LogP contribution is -2.29. The second-order valence-electron chi connectivity index (χ2n) is 6.00. The highest BCUT2D eigenvalue weighted by molar-refractivity contribution is 5.72. The van der Waals surface area contributed by atoms with Gasteiger partial charge in [0.05, 0.1) is 13.0 Å². The second-order valence-corrected chi connectivity index (χ2v) is 6.00. The maximum atomic E-state index is 11.8. The van der Waals surface area contributed by atoms with Crippen LogP contribution in [0, 0.1) is 18.8 Å². The summed E-state index contributed by atoms with van der Waals surface area (Å²) < 4.78 is 4.93. The van der Waals surface area contributed by atoms with Crippen LogP contribution in [0.1, 0.15) is 43.2 Å². The summed E-state index contributed by atoms with van der Waals surface area (Å²) >= 11 is 0. The Morgan fingerprint density at radius 1 is 1.25 bits per heavy atom. The molecule has 0 bridgehead atoms. The fourth-order valence-corrected chi connectivity index (χ4v) is 3.32. The third-order valence-electron chi connectivity index (χ3n) is 4.52. The van der Waals surface area contributed by atoms with Gasteiger partial charge in [-0.25, -0.2) is 0 Å². The van der Waals surface area contributed by atoms with Gasteiger partial charge in [0.1, 0.15) is 0 Å². The van der Waals surface area contributed by atoms with Crippen LogP contribution < -0.4 is 0 Å². The molecule has 2 heteroatoms. The minimum Gasteiger partial charge on any atom is -0.469 e. The van der Waals surface area contributed by atoms with Gasteiger partial charge >= 0.3 is 5.97 Å². The van der Waals surface area contributed by atoms with E-state index < -0.39 is 0 Å². The van der Waals surface area contributed by atoms with Crippen LogP contribution in [0.15, 0.2) is 36.4 Å². The summed E-state index contributed by atoms with van der Waals surface area (Å²) in [5.41, 5.74) is 3.80. The maximum Gasteiger partial charge on any atom is 0.308 e. The topological polar surface area (TPSA) is 26.3 Å². The van der Waals surface area contributed by atoms with E-state index in [-0.39, 0.29) is 11.9 Å². The maximum absolute atomic E-state index is 11.8. The molecule has 0 radical (unpaired) electrons. The predicted molar refractivity (Wildman–Crippen MR) is 81.6 cm³/mol. The van der Waals surface area contributed by atoms with Crippen LogP contribution >= 0.6 is 0 Å². The molecule has 0 heterocycles. The van der Waals surface area contributed by atoms with E-state index in [9.17, 15) is 4.79 Å². The van der Waals surface area contributed by atoms with Gasteiger partial charge in [-0.1, -0.05) is 42.0 Å². The minimum atomic E-state index is -0.0673. The van der Waals surface area contributed by atoms with Crippen molar-refractivity contribution < 1.29 is 9.53 Å². The second kappa shape index (κ2) is 6.25. The standard InChI is InChI=1S/C18H24O2/c1-12(2)16-10-9-15(18(19)20-4)11-17(16)14-7-5-13(3)6-8-14/h5-8,15-17H,1,9-11H2,2-4H3/t15-,16+,17+/m1/s1. The Kier molecular flexibility index (Phi) is 4.64. The van der Waals surface area contributed by atoms with E-state index in [4.69, 9.17) is 4.74 Å². The van der Waals surface area contributed by atoms with Crippen molar-refractivity contribution in [3.8, 4) is 0 Å². The number of esters is 1. The first-order valence-electron chi connectivity index (χ1n) is 7.32. The first-order valence-corrected chi connectivity index (χ1v) is 7.32. The van der Waals surface area contributed by atoms with Gasteiger partial charge in [-0.15, -0.1) is 0 Å². The van der Waals surface area contributed by atoms with Gasteiger partial charge in [0.2, 0.25) is 0 Å². The molecule has 1 saturated carbocycles. The zero-order chi connectivity index (χ0) is 14.7. The average molecular weight is 272 g/mol. The quantitative estimate of drug-likeness (QED) is 0.607. The normalized spacial score (nSPS) is 26.1. The molecule has 108 valence electrons. The number of allylic oxidation sites excluding steroid dienone is 1. The lowest BCUT2D eigenvalue weighted by atomic mass is 9.69. The molecule has 0 unspecified atom stereocenters. The van der Waals surface area contributed by atoms with Crippen LogP contribution in [-0.2, 0) is 9.53 Å². The van der Waals surface area contributed by atoms with Crippen molar-refractivity contribution in [2.24, 2.45) is 11.8 Å². The van der Waals surface area contributed by atoms with E-state index >= 15 is 0 Å². The smallest absolute Gasteiger partial charge is 0.308 e. The monoisotopic (exact) mass is 272 g/mol. The summed E-state index contributed by atoms with van der Waals surface area (Å²) in [5, 5.41) is 0. The van der Waals surface area contributed by atoms with Gasteiger partial charge in [0.15, 0.2) is 0 Å². The van der Waals surface area contributed by atoms with Crippen molar-refractivity contribution >= 4 is 5.97 Å². The molecule has 0 aromatic heterocycles. The van der Waals surface area contributed by atoms with Crippen LogP contribution in [-0.4, -0.2) is 13.1 Å². The van der Waals surface area contributed by atoms with Gasteiger partial charge < -0.3 is 4.74 Å². The van der Waals surface area contributed by atoms with Crippen molar-refractivity contribution in [2.75, 3.05) is 7.11 Å². The Hall–Kier alpha value is -1.57. The summed E-state index contributed by atoms with van der Waals surface area (Å²) in [6.45, 7) is 8.34. The van der Waals surface area contributed by atoms with Gasteiger partial charge in [-0.05, 0) is 50.5 Å². The van der Waals surface area contributed by atoms with Gasteiger partial charge in [0.25, 0.3) is 0 Å². The van der Waals surface area contributed by atoms with E-state index in [1.807, 2.05) is 0 Å². The lowest BCUT2D eigenvalue weighted by Gasteiger charge is -2.36. The predicted octanol–water partition coefficient (Wildman–Crippen LogP) is 4.24. The van der Waals surface area contributed by atoms with Crippen LogP contribution in [0.4, 0.5) is 0 Å². The molecular weight excluding hydrogens is 248 g/mol. The summed E-state index contributed by atoms with van der Waals surface area (Å²) in [6, 6.07) is 8.67. The summed E-state index contributed by atoms with van der Waals surface area (Å²) in [7, 11) is 1.48. The van der Waals surface area contributed by atoms with E-state index in [0.717, 1.165) is 19.3 Å². The molecule has 1 aromatic carbocycles. The molecule has 1 fully saturated rings. The van der Waals surface area contributed by atoms with E-state index in [1.165, 1.54) is 23.8 Å². The summed E-state index contributed by atoms with van der Waals surface area (Å²) in [6.07, 6.45) is 2.80. The molecule has 0 amide bonds. The molecule has 1 aliphatic carbocycles. The molecule has 0 aliphatic heterocycles. The highest BCUT2D eigenvalue weighted by atomic mass is 16.5. The van der Waals surface area contributed by atoms with Crippen molar-refractivity contribution in [2.45, 2.75) is 39.0 Å². The number of benzene rings is 1. The van der Waals surface area contributed by atoms with Crippen LogP contribution in [0.5, 0.6) is 0 Å². The number of hydrogen-bond donors (Lipinski definition) is 0. The number of carbonyl (C=O) groups is 1. The van der Waals surface area contributed by atoms with Crippen LogP contribution in [0.2, 0.25) is 0 Å². The van der Waals surface area contributed by atoms with Gasteiger partial charge in [-0.2, -0.15) is 0 Å². The number of hydrogen-bond acceptors (Lipinski definition) is 2. The lowest BCUT2D eigenvalue weighted by molar-refractivity contribution is -0.147. The van der Waals surface area contributed by atoms with Crippen LogP contribution in [0.25, 0.3) is 0 Å². The minimum absolute atomic E-state index is 0.0295. The Morgan fingerprint density at radius 2 is 1.90 bits per heavy atom. The number of aryl methyl sites for hydroxylation is 1. The first-order chi connectivity index (χ1) is 9.52. The Bertz CT molecular complexity index is 487. The SMILES string of the molecule is C=C(C)[C@@H]1CC[C@@H](C(=O)OC)C[C@H]1c1ccc(C)cc1. The third kappa shape index (κ3) is 3.12. The van der Waals surface area contributed by atoms with Crippen molar-refractivity contribution in [1.82, 2.24) is 0 Å². The molecule has 0 spiro atoms. The van der Waals surface area contributed by atoms with Gasteiger partial charge in [-0.3, -0.25) is 4.79 Å². The van der Waals surface area contributed by atoms with E-state index in [2.05, 4.69) is 44.7 Å². The zero-order valence-corrected chi connectivity index (χ0v) is 12.7. The fourth-order valence-electron chi connectivity index (χ4n) is 3.32. The average Bonchev–Trinajstić information content (AvgIpc) is 2.46. The molecule has 0 N–H and O–H groups in total. The Morgan fingerprint density at radius 3 is 2.45 bits per heavy atom. The number of ether oxygens (including phenoxy) is 1. The van der Waals surface area contributed by atoms with Gasteiger partial charge in [0, 0.05) is 0 Å². The first kappa shape index (κ1) is 14.8. The Balaban J connectivity index is 2.25. The van der Waals surface area contributed by atoms with Crippen LogP contribution in [0.3, 0.4) is 0 Å². The number of methoxy groups -OCH3 is 1. The highest BCUT2D eigenvalue weighted by Crippen LogP contribution is 2.43. The molecular formula is C18H24O2.